The van der Waals surface area contributed by atoms with Crippen LogP contribution in [0.5, 0.6) is 0 Å². The van der Waals surface area contributed by atoms with Crippen molar-refractivity contribution in [1.82, 2.24) is 0 Å². The number of nitro groups is 1. The summed E-state index contributed by atoms with van der Waals surface area (Å²) in [6.45, 7) is 0. The fourth-order valence-corrected chi connectivity index (χ4v) is 4.42. The number of nitro benzene ring substituents is 1. The molecule has 0 spiro atoms. The largest absolute Gasteiger partial charge is 0.423 e. The summed E-state index contributed by atoms with van der Waals surface area (Å²) in [4.78, 5) is 23.4. The molecule has 1 N–H and O–H groups in total. The Hall–Kier alpha value is -2.42. The second-order valence-corrected chi connectivity index (χ2v) is 6.63. The van der Waals surface area contributed by atoms with Gasteiger partial charge in [-0.3, -0.25) is 19.8 Å². The van der Waals surface area contributed by atoms with Crippen LogP contribution in [-0.2, 0) is 11.0 Å². The first kappa shape index (κ1) is 16.1. The van der Waals surface area contributed by atoms with Crippen molar-refractivity contribution in [2.45, 2.75) is 18.8 Å². The maximum atomic E-state index is 13.2. The fourth-order valence-electron chi connectivity index (χ4n) is 4.42. The van der Waals surface area contributed by atoms with Crippen molar-refractivity contribution in [2.75, 3.05) is 4.90 Å². The number of nitrogens with zero attached hydrogens (tertiary/aromatic N) is 2. The zero-order chi connectivity index (χ0) is 18.1. The highest BCUT2D eigenvalue weighted by molar-refractivity contribution is 5.99. The Morgan fingerprint density at radius 1 is 1.24 bits per heavy atom. The van der Waals surface area contributed by atoms with Crippen molar-refractivity contribution < 1.29 is 28.0 Å². The number of carbonyl (C=O) groups is 1. The maximum Gasteiger partial charge on any atom is 0.423 e. The summed E-state index contributed by atoms with van der Waals surface area (Å²) < 4.78 is 39.5. The molecule has 132 valence electrons. The van der Waals surface area contributed by atoms with Gasteiger partial charge in [0.15, 0.2) is 0 Å². The lowest BCUT2D eigenvalue weighted by Crippen LogP contribution is -2.37. The quantitative estimate of drug-likeness (QED) is 0.503. The molecular formula is C16H13F3N2O4. The molecule has 5 unspecified atom stereocenters. The van der Waals surface area contributed by atoms with Gasteiger partial charge in [-0.05, 0) is 30.4 Å². The van der Waals surface area contributed by atoms with E-state index in [4.69, 9.17) is 0 Å². The average molecular weight is 354 g/mol. The van der Waals surface area contributed by atoms with Crippen molar-refractivity contribution in [3.8, 4) is 0 Å². The smallest absolute Gasteiger partial charge is 0.373 e. The number of aliphatic hydroxyl groups excluding tert-OH is 1. The number of allylic oxidation sites excluding steroid dienone is 2. The lowest BCUT2D eigenvalue weighted by molar-refractivity contribution is -0.388. The highest BCUT2D eigenvalue weighted by Crippen LogP contribution is 2.55. The Labute approximate surface area is 139 Å². The predicted molar refractivity (Wildman–Crippen MR) is 79.3 cm³/mol. The molecule has 5 atom stereocenters. The monoisotopic (exact) mass is 354 g/mol. The van der Waals surface area contributed by atoms with Gasteiger partial charge in [-0.1, -0.05) is 12.2 Å². The lowest BCUT2D eigenvalue weighted by atomic mass is 9.85. The molecule has 1 heterocycles. The SMILES string of the molecule is O=C1C2C3C=CC(C3)C2C(O)N1c1ccc([N+](=O)[O-])c(C(F)(F)F)c1. The van der Waals surface area contributed by atoms with Crippen LogP contribution in [0.4, 0.5) is 24.5 Å². The molecular weight excluding hydrogens is 341 g/mol. The van der Waals surface area contributed by atoms with Gasteiger partial charge in [-0.25, -0.2) is 0 Å². The minimum Gasteiger partial charge on any atom is -0.373 e. The van der Waals surface area contributed by atoms with E-state index in [1.54, 1.807) is 0 Å². The molecule has 1 aromatic carbocycles. The van der Waals surface area contributed by atoms with E-state index >= 15 is 0 Å². The van der Waals surface area contributed by atoms with E-state index in [2.05, 4.69) is 0 Å². The number of hydrogen-bond acceptors (Lipinski definition) is 4. The van der Waals surface area contributed by atoms with Gasteiger partial charge in [0.1, 0.15) is 11.8 Å². The van der Waals surface area contributed by atoms with Crippen LogP contribution in [0.3, 0.4) is 0 Å². The first-order chi connectivity index (χ1) is 11.7. The molecule has 1 saturated carbocycles. The number of aliphatic hydroxyl groups is 1. The number of rotatable bonds is 2. The van der Waals surface area contributed by atoms with Gasteiger partial charge >= 0.3 is 6.18 Å². The van der Waals surface area contributed by atoms with Crippen molar-refractivity contribution in [3.05, 3.63) is 46.0 Å². The van der Waals surface area contributed by atoms with E-state index < -0.39 is 40.4 Å². The average Bonchev–Trinajstić information content (AvgIpc) is 3.20. The van der Waals surface area contributed by atoms with Crippen LogP contribution in [0.25, 0.3) is 0 Å². The number of hydrogen-bond donors (Lipinski definition) is 1. The molecule has 9 heteroatoms. The highest BCUT2D eigenvalue weighted by atomic mass is 19.4. The summed E-state index contributed by atoms with van der Waals surface area (Å²) >= 11 is 0. The molecule has 1 aliphatic heterocycles. The second-order valence-electron chi connectivity index (χ2n) is 6.63. The number of carbonyl (C=O) groups excluding carboxylic acids is 1. The second kappa shape index (κ2) is 5.04. The minimum atomic E-state index is -4.94. The van der Waals surface area contributed by atoms with Gasteiger partial charge in [-0.15, -0.1) is 0 Å². The van der Waals surface area contributed by atoms with Crippen LogP contribution in [0.15, 0.2) is 30.4 Å². The number of benzene rings is 1. The molecule has 2 aliphatic carbocycles. The Morgan fingerprint density at radius 3 is 2.52 bits per heavy atom. The number of halogens is 3. The molecule has 25 heavy (non-hydrogen) atoms. The third kappa shape index (κ3) is 2.18. The normalized spacial score (nSPS) is 33.2. The topological polar surface area (TPSA) is 83.7 Å². The van der Waals surface area contributed by atoms with E-state index in [9.17, 15) is 33.2 Å². The summed E-state index contributed by atoms with van der Waals surface area (Å²) in [7, 11) is 0. The number of fused-ring (bicyclic) bond motifs is 5. The van der Waals surface area contributed by atoms with Crippen LogP contribution in [0.1, 0.15) is 12.0 Å². The zero-order valence-electron chi connectivity index (χ0n) is 12.7. The molecule has 0 radical (unpaired) electrons. The van der Waals surface area contributed by atoms with Crippen molar-refractivity contribution in [2.24, 2.45) is 23.7 Å². The molecule has 0 aromatic heterocycles. The van der Waals surface area contributed by atoms with Gasteiger partial charge in [0.25, 0.3) is 5.69 Å². The summed E-state index contributed by atoms with van der Waals surface area (Å²) in [5.41, 5.74) is -2.70. The first-order valence-electron chi connectivity index (χ1n) is 7.75. The molecule has 1 saturated heterocycles. The molecule has 3 aliphatic rings. The molecule has 6 nitrogen and oxygen atoms in total. The third-order valence-electron chi connectivity index (χ3n) is 5.41. The highest BCUT2D eigenvalue weighted by Gasteiger charge is 2.59. The minimum absolute atomic E-state index is 0.0118. The van der Waals surface area contributed by atoms with Crippen LogP contribution in [0.2, 0.25) is 0 Å². The number of anilines is 1. The van der Waals surface area contributed by atoms with Crippen LogP contribution in [-0.4, -0.2) is 22.2 Å². The summed E-state index contributed by atoms with van der Waals surface area (Å²) in [5.74, 6) is -1.22. The van der Waals surface area contributed by atoms with Crippen molar-refractivity contribution in [1.29, 1.82) is 0 Å². The fraction of sp³-hybridized carbons (Fsp3) is 0.438. The summed E-state index contributed by atoms with van der Waals surface area (Å²) in [6.07, 6.45) is -1.57. The van der Waals surface area contributed by atoms with Gasteiger partial charge in [0, 0.05) is 17.7 Å². The predicted octanol–water partition coefficient (Wildman–Crippen LogP) is 2.72. The van der Waals surface area contributed by atoms with Gasteiger partial charge < -0.3 is 5.11 Å². The number of alkyl halides is 3. The molecule has 4 rings (SSSR count). The number of amides is 1. The maximum absolute atomic E-state index is 13.2. The Kier molecular flexibility index (Phi) is 3.24. The lowest BCUT2D eigenvalue weighted by Gasteiger charge is -2.25. The zero-order valence-corrected chi connectivity index (χ0v) is 12.7. The van der Waals surface area contributed by atoms with E-state index in [1.165, 1.54) is 0 Å². The molecule has 2 fully saturated rings. The molecule has 1 amide bonds. The van der Waals surface area contributed by atoms with E-state index in [0.717, 1.165) is 23.5 Å². The molecule has 2 bridgehead atoms. The summed E-state index contributed by atoms with van der Waals surface area (Å²) in [6, 6.07) is 2.36. The Bertz CT molecular complexity index is 807. The van der Waals surface area contributed by atoms with Crippen molar-refractivity contribution >= 4 is 17.3 Å². The van der Waals surface area contributed by atoms with Gasteiger partial charge in [0.2, 0.25) is 5.91 Å². The van der Waals surface area contributed by atoms with E-state index in [0.29, 0.717) is 6.07 Å². The van der Waals surface area contributed by atoms with Crippen LogP contribution >= 0.6 is 0 Å². The first-order valence-corrected chi connectivity index (χ1v) is 7.75. The van der Waals surface area contributed by atoms with Gasteiger partial charge in [0.05, 0.1) is 10.8 Å². The van der Waals surface area contributed by atoms with Crippen LogP contribution < -0.4 is 4.90 Å². The van der Waals surface area contributed by atoms with Crippen LogP contribution in [0, 0.1) is 33.8 Å². The van der Waals surface area contributed by atoms with E-state index in [1.807, 2.05) is 12.2 Å². The van der Waals surface area contributed by atoms with E-state index in [-0.39, 0.29) is 23.4 Å². The third-order valence-corrected chi connectivity index (χ3v) is 5.41. The summed E-state index contributed by atoms with van der Waals surface area (Å²) in [5, 5.41) is 21.4. The molecule has 1 aromatic rings. The standard InChI is InChI=1S/C16H13F3N2O4/c17-16(18,19)10-6-9(3-4-11(10)21(24)25)20-14(22)12-7-1-2-8(5-7)13(12)15(20)23/h1-4,6-8,12-14,22H,5H2. The van der Waals surface area contributed by atoms with Gasteiger partial charge in [-0.2, -0.15) is 13.2 Å². The Morgan fingerprint density at radius 2 is 1.92 bits per heavy atom. The Balaban J connectivity index is 1.76. The van der Waals surface area contributed by atoms with Crippen molar-refractivity contribution in [3.63, 3.8) is 0 Å².